The van der Waals surface area contributed by atoms with Crippen LogP contribution in [-0.2, 0) is 24.7 Å². The van der Waals surface area contributed by atoms with Crippen LogP contribution in [0.25, 0.3) is 0 Å². The topological polar surface area (TPSA) is 105 Å². The molecular weight excluding hydrogens is 398 g/mol. The Kier molecular flexibility index (Phi) is 6.69. The van der Waals surface area contributed by atoms with Gasteiger partial charge in [-0.3, -0.25) is 19.3 Å². The zero-order valence-corrected chi connectivity index (χ0v) is 17.5. The molecule has 1 aliphatic rings. The lowest BCUT2D eigenvalue weighted by Gasteiger charge is -2.21. The molecule has 8 heteroatoms. The summed E-state index contributed by atoms with van der Waals surface area (Å²) < 4.78 is 4.95. The number of imide groups is 1. The van der Waals surface area contributed by atoms with Gasteiger partial charge in [-0.15, -0.1) is 0 Å². The van der Waals surface area contributed by atoms with Crippen molar-refractivity contribution in [2.45, 2.75) is 25.3 Å². The Morgan fingerprint density at radius 1 is 1.06 bits per heavy atom. The number of hydrogen-bond donors (Lipinski definition) is 2. The predicted molar refractivity (Wildman–Crippen MR) is 113 cm³/mol. The lowest BCUT2D eigenvalue weighted by Crippen LogP contribution is -2.42. The number of rotatable bonds is 8. The second-order valence-corrected chi connectivity index (χ2v) is 7.59. The molecule has 8 nitrogen and oxygen atoms in total. The molecule has 0 saturated carbocycles. The van der Waals surface area contributed by atoms with Crippen LogP contribution >= 0.6 is 0 Å². The maximum atomic E-state index is 12.8. The van der Waals surface area contributed by atoms with Crippen LogP contribution in [0.4, 0.5) is 4.79 Å². The summed E-state index contributed by atoms with van der Waals surface area (Å²) >= 11 is 0. The van der Waals surface area contributed by atoms with Gasteiger partial charge in [0.25, 0.3) is 11.8 Å². The van der Waals surface area contributed by atoms with Crippen molar-refractivity contribution in [3.8, 4) is 0 Å². The third-order valence-electron chi connectivity index (χ3n) is 5.25. The zero-order chi connectivity index (χ0) is 22.4. The molecular formula is C23H25N3O5. The predicted octanol–water partition coefficient (Wildman–Crippen LogP) is 1.92. The van der Waals surface area contributed by atoms with Crippen LogP contribution in [0.1, 0.15) is 30.9 Å². The van der Waals surface area contributed by atoms with Crippen molar-refractivity contribution in [3.05, 3.63) is 71.8 Å². The largest absolute Gasteiger partial charge is 0.454 e. The number of urea groups is 1. The molecule has 1 heterocycles. The van der Waals surface area contributed by atoms with Crippen LogP contribution in [-0.4, -0.2) is 48.4 Å². The normalized spacial score (nSPS) is 19.0. The van der Waals surface area contributed by atoms with Crippen LogP contribution < -0.4 is 10.6 Å². The number of nitrogens with zero attached hydrogens (tertiary/aromatic N) is 1. The molecule has 1 saturated heterocycles. The molecule has 0 bridgehead atoms. The number of hydrogen-bond acceptors (Lipinski definition) is 5. The van der Waals surface area contributed by atoms with Crippen molar-refractivity contribution < 1.29 is 23.9 Å². The van der Waals surface area contributed by atoms with Gasteiger partial charge in [0, 0.05) is 6.54 Å². The second kappa shape index (κ2) is 9.42. The molecule has 162 valence electrons. The number of benzene rings is 2. The van der Waals surface area contributed by atoms with E-state index in [0.717, 1.165) is 10.5 Å². The Morgan fingerprint density at radius 2 is 1.68 bits per heavy atom. The first-order valence-electron chi connectivity index (χ1n) is 9.98. The second-order valence-electron chi connectivity index (χ2n) is 7.59. The Hall–Kier alpha value is -3.68. The molecule has 0 unspecified atom stereocenters. The van der Waals surface area contributed by atoms with Gasteiger partial charge in [-0.05, 0) is 24.0 Å². The maximum absolute atomic E-state index is 12.8. The van der Waals surface area contributed by atoms with Crippen LogP contribution in [0.3, 0.4) is 0 Å². The van der Waals surface area contributed by atoms with E-state index in [9.17, 15) is 19.2 Å². The van der Waals surface area contributed by atoms with Crippen molar-refractivity contribution in [3.63, 3.8) is 0 Å². The maximum Gasteiger partial charge on any atom is 0.326 e. The number of ether oxygens (including phenoxy) is 1. The molecule has 2 aromatic carbocycles. The molecule has 4 amide bonds. The summed E-state index contributed by atoms with van der Waals surface area (Å²) in [4.78, 5) is 50.0. The number of carbonyl (C=O) groups excluding carboxylic acids is 4. The quantitative estimate of drug-likeness (QED) is 0.499. The highest BCUT2D eigenvalue weighted by atomic mass is 16.5. The summed E-state index contributed by atoms with van der Waals surface area (Å²) in [6.45, 7) is 2.89. The molecule has 3 rings (SSSR count). The molecule has 2 aromatic rings. The van der Waals surface area contributed by atoms with Crippen molar-refractivity contribution in [2.75, 3.05) is 19.7 Å². The van der Waals surface area contributed by atoms with E-state index in [1.807, 2.05) is 37.3 Å². The summed E-state index contributed by atoms with van der Waals surface area (Å²) in [5, 5.41) is 5.32. The number of esters is 1. The van der Waals surface area contributed by atoms with E-state index in [4.69, 9.17) is 4.74 Å². The smallest absolute Gasteiger partial charge is 0.326 e. The Bertz CT molecular complexity index is 964. The first-order chi connectivity index (χ1) is 14.8. The average molecular weight is 423 g/mol. The van der Waals surface area contributed by atoms with Gasteiger partial charge >= 0.3 is 12.0 Å². The van der Waals surface area contributed by atoms with E-state index in [2.05, 4.69) is 10.6 Å². The minimum absolute atomic E-state index is 0.0995. The Balaban J connectivity index is 1.48. The first-order valence-corrected chi connectivity index (χ1v) is 9.98. The van der Waals surface area contributed by atoms with Crippen LogP contribution in [0, 0.1) is 0 Å². The van der Waals surface area contributed by atoms with Crippen LogP contribution in [0.2, 0.25) is 0 Å². The van der Waals surface area contributed by atoms with Crippen molar-refractivity contribution in [2.24, 2.45) is 0 Å². The Labute approximate surface area is 180 Å². The molecule has 1 fully saturated rings. The summed E-state index contributed by atoms with van der Waals surface area (Å²) in [5.41, 5.74) is 0.430. The lowest BCUT2D eigenvalue weighted by atomic mass is 9.92. The minimum Gasteiger partial charge on any atom is -0.454 e. The standard InChI is InChI=1S/C23H25N3O5/c1-16(17-9-5-3-6-10-17)13-24-19(27)15-31-20(28)14-26-21(29)23(2,25-22(26)30)18-11-7-4-8-12-18/h3-12,16H,13-15H2,1-2H3,(H,24,27)(H,25,30)/t16-,23-/m1/s1. The third-order valence-corrected chi connectivity index (χ3v) is 5.25. The van der Waals surface area contributed by atoms with Gasteiger partial charge in [0.2, 0.25) is 0 Å². The third kappa shape index (κ3) is 5.09. The Morgan fingerprint density at radius 3 is 2.32 bits per heavy atom. The van der Waals surface area contributed by atoms with E-state index >= 15 is 0 Å². The molecule has 0 aromatic heterocycles. The van der Waals surface area contributed by atoms with Gasteiger partial charge in [-0.25, -0.2) is 4.79 Å². The van der Waals surface area contributed by atoms with E-state index in [0.29, 0.717) is 12.1 Å². The summed E-state index contributed by atoms with van der Waals surface area (Å²) in [5.74, 6) is -1.75. The monoisotopic (exact) mass is 423 g/mol. The molecule has 2 N–H and O–H groups in total. The van der Waals surface area contributed by atoms with Crippen molar-refractivity contribution in [1.82, 2.24) is 15.5 Å². The van der Waals surface area contributed by atoms with Crippen LogP contribution in [0.5, 0.6) is 0 Å². The van der Waals surface area contributed by atoms with Gasteiger partial charge in [-0.2, -0.15) is 0 Å². The fraction of sp³-hybridized carbons (Fsp3) is 0.304. The highest BCUT2D eigenvalue weighted by Gasteiger charge is 2.49. The van der Waals surface area contributed by atoms with Crippen LogP contribution in [0.15, 0.2) is 60.7 Å². The number of carbonyl (C=O) groups is 4. The lowest BCUT2D eigenvalue weighted by molar-refractivity contribution is -0.151. The SMILES string of the molecule is C[C@H](CNC(=O)COC(=O)CN1C(=O)N[C@](C)(c2ccccc2)C1=O)c1ccccc1. The van der Waals surface area contributed by atoms with E-state index in [1.54, 1.807) is 37.3 Å². The molecule has 1 aliphatic heterocycles. The van der Waals surface area contributed by atoms with Gasteiger partial charge in [0.1, 0.15) is 12.1 Å². The average Bonchev–Trinajstić information content (AvgIpc) is 3.01. The minimum atomic E-state index is -1.26. The molecule has 0 spiro atoms. The molecule has 0 aliphatic carbocycles. The van der Waals surface area contributed by atoms with Gasteiger partial charge in [0.05, 0.1) is 0 Å². The van der Waals surface area contributed by atoms with Gasteiger partial charge in [0.15, 0.2) is 6.61 Å². The fourth-order valence-electron chi connectivity index (χ4n) is 3.35. The van der Waals surface area contributed by atoms with E-state index < -0.39 is 42.5 Å². The molecule has 0 radical (unpaired) electrons. The van der Waals surface area contributed by atoms with Gasteiger partial charge in [-0.1, -0.05) is 67.6 Å². The van der Waals surface area contributed by atoms with Gasteiger partial charge < -0.3 is 15.4 Å². The fourth-order valence-corrected chi connectivity index (χ4v) is 3.35. The molecule has 2 atom stereocenters. The highest BCUT2D eigenvalue weighted by molar-refractivity contribution is 6.08. The molecule has 31 heavy (non-hydrogen) atoms. The highest BCUT2D eigenvalue weighted by Crippen LogP contribution is 2.28. The number of nitrogens with one attached hydrogen (secondary N) is 2. The van der Waals surface area contributed by atoms with E-state index in [1.165, 1.54) is 0 Å². The number of amides is 4. The summed E-state index contributed by atoms with van der Waals surface area (Å²) in [6, 6.07) is 17.8. The first kappa shape index (κ1) is 22.0. The summed E-state index contributed by atoms with van der Waals surface area (Å²) in [7, 11) is 0. The van der Waals surface area contributed by atoms with E-state index in [-0.39, 0.29) is 5.92 Å². The zero-order valence-electron chi connectivity index (χ0n) is 17.5. The van der Waals surface area contributed by atoms with Crippen molar-refractivity contribution >= 4 is 23.8 Å². The van der Waals surface area contributed by atoms with Crippen molar-refractivity contribution in [1.29, 1.82) is 0 Å². The summed E-state index contributed by atoms with van der Waals surface area (Å²) in [6.07, 6.45) is 0.